The number of hydrogen-bond donors (Lipinski definition) is 2. The highest BCUT2D eigenvalue weighted by molar-refractivity contribution is 5.97. The van der Waals surface area contributed by atoms with E-state index in [4.69, 9.17) is 5.11 Å². The molecule has 100 valence electrons. The lowest BCUT2D eigenvalue weighted by Gasteiger charge is -2.25. The topological polar surface area (TPSA) is 60.8 Å². The second kappa shape index (κ2) is 7.13. The number of aliphatic hydroxyl groups is 1. The molecule has 2 N–H and O–H groups in total. The van der Waals surface area contributed by atoms with E-state index in [1.54, 1.807) is 12.1 Å². The van der Waals surface area contributed by atoms with Crippen molar-refractivity contribution in [2.45, 2.75) is 26.3 Å². The van der Waals surface area contributed by atoms with Crippen LogP contribution in [0.3, 0.4) is 0 Å². The number of aliphatic hydroxyl groups excluding tert-OH is 1. The molecule has 0 aromatic heterocycles. The molecule has 0 radical (unpaired) electrons. The number of benzene rings is 1. The number of hydrogen-bond acceptors (Lipinski definition) is 4. The average Bonchev–Trinajstić information content (AvgIpc) is 2.34. The molecule has 0 atom stereocenters. The Hall–Kier alpha value is -1.39. The van der Waals surface area contributed by atoms with E-state index in [2.05, 4.69) is 0 Å². The predicted octanol–water partition coefficient (Wildman–Crippen LogP) is 1.67. The van der Waals surface area contributed by atoms with Crippen molar-refractivity contribution < 1.29 is 15.0 Å². The van der Waals surface area contributed by atoms with Crippen LogP contribution in [0, 0.1) is 0 Å². The maximum Gasteiger partial charge on any atom is 0.176 e. The number of Topliss-reactive ketones (excluding diaryl/α,β-unsaturated/α-hetero) is 1. The first-order chi connectivity index (χ1) is 8.54. The van der Waals surface area contributed by atoms with Gasteiger partial charge in [0.1, 0.15) is 5.75 Å². The quantitative estimate of drug-likeness (QED) is 0.724. The van der Waals surface area contributed by atoms with Crippen molar-refractivity contribution in [3.8, 4) is 5.75 Å². The van der Waals surface area contributed by atoms with Gasteiger partial charge in [-0.15, -0.1) is 0 Å². The molecule has 1 aromatic carbocycles. The Morgan fingerprint density at radius 2 is 1.89 bits per heavy atom. The van der Waals surface area contributed by atoms with Gasteiger partial charge >= 0.3 is 0 Å². The number of carbonyl (C=O) groups excluding carboxylic acids is 1. The van der Waals surface area contributed by atoms with Crippen LogP contribution in [0.5, 0.6) is 5.75 Å². The summed E-state index contributed by atoms with van der Waals surface area (Å²) >= 11 is 0. The van der Waals surface area contributed by atoms with Crippen LogP contribution >= 0.6 is 0 Å². The third kappa shape index (κ3) is 4.47. The van der Waals surface area contributed by atoms with Gasteiger partial charge in [0, 0.05) is 24.8 Å². The summed E-state index contributed by atoms with van der Waals surface area (Å²) in [5, 5.41) is 18.0. The fourth-order valence-corrected chi connectivity index (χ4v) is 1.72. The fourth-order valence-electron chi connectivity index (χ4n) is 1.72. The Labute approximate surface area is 108 Å². The molecule has 0 aliphatic heterocycles. The molecule has 0 amide bonds. The first kappa shape index (κ1) is 14.7. The Bertz CT molecular complexity index is 373. The Morgan fingerprint density at radius 1 is 1.28 bits per heavy atom. The van der Waals surface area contributed by atoms with E-state index in [9.17, 15) is 9.90 Å². The van der Waals surface area contributed by atoms with Crippen molar-refractivity contribution in [1.82, 2.24) is 4.90 Å². The lowest BCUT2D eigenvalue weighted by Crippen LogP contribution is -2.36. The SMILES string of the molecule is CC(C)N(CCCO)CC(=O)c1ccc(O)cc1. The molecule has 18 heavy (non-hydrogen) atoms. The van der Waals surface area contributed by atoms with Crippen LogP contribution in [0.4, 0.5) is 0 Å². The zero-order chi connectivity index (χ0) is 13.5. The van der Waals surface area contributed by atoms with Gasteiger partial charge in [0.25, 0.3) is 0 Å². The maximum absolute atomic E-state index is 12.0. The van der Waals surface area contributed by atoms with Gasteiger partial charge in [-0.3, -0.25) is 9.69 Å². The van der Waals surface area contributed by atoms with Gasteiger partial charge in [0.05, 0.1) is 6.54 Å². The molecule has 4 nitrogen and oxygen atoms in total. The largest absolute Gasteiger partial charge is 0.508 e. The van der Waals surface area contributed by atoms with Crippen LogP contribution in [-0.4, -0.2) is 46.6 Å². The zero-order valence-electron chi connectivity index (χ0n) is 11.0. The summed E-state index contributed by atoms with van der Waals surface area (Å²) in [6, 6.07) is 6.55. The van der Waals surface area contributed by atoms with Crippen LogP contribution in [0.2, 0.25) is 0 Å². The molecule has 0 saturated heterocycles. The average molecular weight is 251 g/mol. The van der Waals surface area contributed by atoms with Gasteiger partial charge in [-0.25, -0.2) is 0 Å². The molecular formula is C14H21NO3. The Kier molecular flexibility index (Phi) is 5.82. The zero-order valence-corrected chi connectivity index (χ0v) is 11.0. The maximum atomic E-state index is 12.0. The van der Waals surface area contributed by atoms with Crippen molar-refractivity contribution in [2.24, 2.45) is 0 Å². The molecular weight excluding hydrogens is 230 g/mol. The minimum absolute atomic E-state index is 0.0293. The van der Waals surface area contributed by atoms with Gasteiger partial charge in [0.2, 0.25) is 0 Å². The summed E-state index contributed by atoms with van der Waals surface area (Å²) < 4.78 is 0. The van der Waals surface area contributed by atoms with Crippen molar-refractivity contribution in [2.75, 3.05) is 19.7 Å². The minimum atomic E-state index is 0.0293. The second-order valence-electron chi connectivity index (χ2n) is 4.61. The number of ketones is 1. The molecule has 0 aliphatic carbocycles. The highest BCUT2D eigenvalue weighted by Crippen LogP contribution is 2.11. The molecule has 0 heterocycles. The molecule has 0 unspecified atom stereocenters. The predicted molar refractivity (Wildman–Crippen MR) is 70.8 cm³/mol. The Morgan fingerprint density at radius 3 is 2.39 bits per heavy atom. The molecule has 0 bridgehead atoms. The summed E-state index contributed by atoms with van der Waals surface area (Å²) in [5.41, 5.74) is 0.599. The normalized spacial score (nSPS) is 11.2. The lowest BCUT2D eigenvalue weighted by molar-refractivity contribution is 0.0896. The van der Waals surface area contributed by atoms with E-state index in [0.717, 1.165) is 0 Å². The van der Waals surface area contributed by atoms with E-state index in [1.165, 1.54) is 12.1 Å². The third-order valence-corrected chi connectivity index (χ3v) is 2.87. The molecule has 4 heteroatoms. The van der Waals surface area contributed by atoms with Crippen molar-refractivity contribution in [1.29, 1.82) is 0 Å². The van der Waals surface area contributed by atoms with Crippen molar-refractivity contribution in [3.05, 3.63) is 29.8 Å². The lowest BCUT2D eigenvalue weighted by atomic mass is 10.1. The minimum Gasteiger partial charge on any atom is -0.508 e. The van der Waals surface area contributed by atoms with E-state index < -0.39 is 0 Å². The standard InChI is InChI=1S/C14H21NO3/c1-11(2)15(8-3-9-16)10-14(18)12-4-6-13(17)7-5-12/h4-7,11,16-17H,3,8-10H2,1-2H3. The van der Waals surface area contributed by atoms with E-state index in [-0.39, 0.29) is 24.2 Å². The molecule has 0 spiro atoms. The van der Waals surface area contributed by atoms with Gasteiger partial charge in [0.15, 0.2) is 5.78 Å². The smallest absolute Gasteiger partial charge is 0.176 e. The van der Waals surface area contributed by atoms with Gasteiger partial charge in [-0.05, 0) is 44.5 Å². The summed E-state index contributed by atoms with van der Waals surface area (Å²) in [6.45, 7) is 5.24. The van der Waals surface area contributed by atoms with Crippen molar-refractivity contribution >= 4 is 5.78 Å². The third-order valence-electron chi connectivity index (χ3n) is 2.87. The summed E-state index contributed by atoms with van der Waals surface area (Å²) in [7, 11) is 0. The van der Waals surface area contributed by atoms with E-state index in [0.29, 0.717) is 25.1 Å². The highest BCUT2D eigenvalue weighted by atomic mass is 16.3. The highest BCUT2D eigenvalue weighted by Gasteiger charge is 2.14. The summed E-state index contributed by atoms with van der Waals surface area (Å²) in [4.78, 5) is 14.1. The van der Waals surface area contributed by atoms with E-state index in [1.807, 2.05) is 18.7 Å². The van der Waals surface area contributed by atoms with Crippen molar-refractivity contribution in [3.63, 3.8) is 0 Å². The monoisotopic (exact) mass is 251 g/mol. The van der Waals surface area contributed by atoms with Gasteiger partial charge in [-0.2, -0.15) is 0 Å². The van der Waals surface area contributed by atoms with Gasteiger partial charge in [-0.1, -0.05) is 0 Å². The number of aromatic hydroxyl groups is 1. The van der Waals surface area contributed by atoms with E-state index >= 15 is 0 Å². The van der Waals surface area contributed by atoms with Crippen LogP contribution < -0.4 is 0 Å². The van der Waals surface area contributed by atoms with Gasteiger partial charge < -0.3 is 10.2 Å². The fraction of sp³-hybridized carbons (Fsp3) is 0.500. The Balaban J connectivity index is 2.63. The summed E-state index contributed by atoms with van der Waals surface area (Å²) in [5.74, 6) is 0.189. The number of carbonyl (C=O) groups is 1. The molecule has 1 aromatic rings. The second-order valence-corrected chi connectivity index (χ2v) is 4.61. The van der Waals surface area contributed by atoms with Crippen LogP contribution in [0.1, 0.15) is 30.6 Å². The molecule has 0 fully saturated rings. The molecule has 0 saturated carbocycles. The molecule has 0 aliphatic rings. The van der Waals surface area contributed by atoms with Crippen LogP contribution in [-0.2, 0) is 0 Å². The first-order valence-corrected chi connectivity index (χ1v) is 6.21. The number of nitrogens with zero attached hydrogens (tertiary/aromatic N) is 1. The number of phenolic OH excluding ortho intramolecular Hbond substituents is 1. The molecule has 1 rings (SSSR count). The van der Waals surface area contributed by atoms with Crippen LogP contribution in [0.25, 0.3) is 0 Å². The number of phenols is 1. The summed E-state index contributed by atoms with van der Waals surface area (Å²) in [6.07, 6.45) is 0.668. The van der Waals surface area contributed by atoms with Crippen LogP contribution in [0.15, 0.2) is 24.3 Å². The first-order valence-electron chi connectivity index (χ1n) is 6.21. The number of rotatable bonds is 7.